The van der Waals surface area contributed by atoms with Crippen molar-refractivity contribution in [3.05, 3.63) is 0 Å². The summed E-state index contributed by atoms with van der Waals surface area (Å²) in [5.74, 6) is 0.609. The van der Waals surface area contributed by atoms with Gasteiger partial charge in [0.05, 0.1) is 41.7 Å². The Morgan fingerprint density at radius 1 is 1.17 bits per heavy atom. The van der Waals surface area contributed by atoms with E-state index in [-0.39, 0.29) is 65.6 Å². The Bertz CT molecular complexity index is 882. The third-order valence-corrected chi connectivity index (χ3v) is 10.4. The van der Waals surface area contributed by atoms with Crippen molar-refractivity contribution in [3.8, 4) is 6.07 Å². The van der Waals surface area contributed by atoms with Crippen LogP contribution in [0.3, 0.4) is 0 Å². The number of nitrogens with one attached hydrogen (secondary N) is 4. The van der Waals surface area contributed by atoms with Gasteiger partial charge in [-0.1, -0.05) is 0 Å². The molecule has 0 spiro atoms. The SMILES string of the molecule is CCOC1CC2NCC(C#N)C(NC3CCC(OCCC4C(C)NOC4C)C(Cl)C3)C2CC1NC(=O)CCCN(C)C. The van der Waals surface area contributed by atoms with Crippen molar-refractivity contribution >= 4 is 17.5 Å². The smallest absolute Gasteiger partial charge is 0.220 e. The molecule has 4 N–H and O–H groups in total. The summed E-state index contributed by atoms with van der Waals surface area (Å²) in [5, 5.41) is 20.9. The second-order valence-electron chi connectivity index (χ2n) is 13.3. The van der Waals surface area contributed by atoms with Gasteiger partial charge in [-0.3, -0.25) is 9.63 Å². The van der Waals surface area contributed by atoms with Crippen molar-refractivity contribution < 1.29 is 19.1 Å². The lowest BCUT2D eigenvalue weighted by molar-refractivity contribution is -0.124. The molecule has 10 nitrogen and oxygen atoms in total. The molecule has 2 saturated heterocycles. The number of piperidine rings is 1. The van der Waals surface area contributed by atoms with Gasteiger partial charge in [0.15, 0.2) is 0 Å². The number of amides is 1. The summed E-state index contributed by atoms with van der Waals surface area (Å²) in [5.41, 5.74) is 3.07. The van der Waals surface area contributed by atoms with E-state index in [9.17, 15) is 10.1 Å². The van der Waals surface area contributed by atoms with Gasteiger partial charge >= 0.3 is 0 Å². The summed E-state index contributed by atoms with van der Waals surface area (Å²) in [4.78, 5) is 20.5. The molecule has 4 fully saturated rings. The van der Waals surface area contributed by atoms with Crippen molar-refractivity contribution in [3.63, 3.8) is 0 Å². The van der Waals surface area contributed by atoms with Crippen LogP contribution in [0.2, 0.25) is 0 Å². The molecular formula is C31H55ClN6O4. The molecule has 12 atom stereocenters. The standard InChI is InChI=1S/C31H55ClN6O4/c1-6-40-29-16-26-24(15-27(29)36-30(39)8-7-12-38(4)5)31(21(17-33)18-34-26)35-22-9-10-28(25(32)14-22)41-13-11-23-19(2)37-42-20(23)3/h19-29,31,34-35,37H,6-16,18H2,1-5H3,(H,36,39). The van der Waals surface area contributed by atoms with Crippen molar-refractivity contribution in [2.45, 2.75) is 126 Å². The minimum Gasteiger partial charge on any atom is -0.377 e. The van der Waals surface area contributed by atoms with E-state index >= 15 is 0 Å². The van der Waals surface area contributed by atoms with Gasteiger partial charge in [0.1, 0.15) is 0 Å². The number of rotatable bonds is 13. The topological polar surface area (TPSA) is 120 Å². The van der Waals surface area contributed by atoms with Gasteiger partial charge in [-0.05, 0) is 92.3 Å². The average molecular weight is 611 g/mol. The van der Waals surface area contributed by atoms with Crippen LogP contribution in [0.1, 0.15) is 72.1 Å². The normalized spacial score (nSPS) is 40.4. The molecular weight excluding hydrogens is 556 g/mol. The van der Waals surface area contributed by atoms with Crippen LogP contribution in [0.4, 0.5) is 0 Å². The molecule has 12 unspecified atom stereocenters. The van der Waals surface area contributed by atoms with Crippen LogP contribution in [0.5, 0.6) is 0 Å². The van der Waals surface area contributed by atoms with Crippen LogP contribution < -0.4 is 21.4 Å². The molecule has 1 amide bonds. The number of halogens is 1. The van der Waals surface area contributed by atoms with Crippen LogP contribution in [-0.4, -0.2) is 105 Å². The van der Waals surface area contributed by atoms with E-state index in [1.807, 2.05) is 21.0 Å². The molecule has 0 bridgehead atoms. The maximum Gasteiger partial charge on any atom is 0.220 e. The maximum atomic E-state index is 12.9. The Balaban J connectivity index is 1.32. The highest BCUT2D eigenvalue weighted by Crippen LogP contribution is 2.37. The van der Waals surface area contributed by atoms with Crippen molar-refractivity contribution in [1.82, 2.24) is 26.3 Å². The van der Waals surface area contributed by atoms with Gasteiger partial charge in [0.25, 0.3) is 0 Å². The van der Waals surface area contributed by atoms with E-state index in [1.54, 1.807) is 0 Å². The quantitative estimate of drug-likeness (QED) is 0.233. The summed E-state index contributed by atoms with van der Waals surface area (Å²) in [6, 6.07) is 3.37. The van der Waals surface area contributed by atoms with Crippen LogP contribution in [-0.2, 0) is 19.1 Å². The Morgan fingerprint density at radius 2 is 1.98 bits per heavy atom. The lowest BCUT2D eigenvalue weighted by Gasteiger charge is -2.50. The molecule has 11 heteroatoms. The number of fused-ring (bicyclic) bond motifs is 1. The van der Waals surface area contributed by atoms with E-state index in [1.165, 1.54) is 0 Å². The first-order chi connectivity index (χ1) is 20.2. The third-order valence-electron chi connectivity index (χ3n) is 9.98. The molecule has 4 rings (SSSR count). The van der Waals surface area contributed by atoms with Crippen LogP contribution in [0.15, 0.2) is 0 Å². The second-order valence-corrected chi connectivity index (χ2v) is 13.8. The zero-order valence-corrected chi connectivity index (χ0v) is 27.1. The highest BCUT2D eigenvalue weighted by molar-refractivity contribution is 6.21. The lowest BCUT2D eigenvalue weighted by Crippen LogP contribution is -2.66. The number of carbonyl (C=O) groups excluding carboxylic acids is 1. The van der Waals surface area contributed by atoms with E-state index < -0.39 is 0 Å². The average Bonchev–Trinajstić information content (AvgIpc) is 3.27. The zero-order chi connectivity index (χ0) is 30.2. The van der Waals surface area contributed by atoms with Crippen molar-refractivity contribution in [1.29, 1.82) is 5.26 Å². The number of nitriles is 1. The number of ether oxygens (including phenoxy) is 2. The number of hydrogen-bond donors (Lipinski definition) is 4. The van der Waals surface area contributed by atoms with Gasteiger partial charge in [0, 0.05) is 56.3 Å². The third kappa shape index (κ3) is 9.01. The summed E-state index contributed by atoms with van der Waals surface area (Å²) < 4.78 is 12.4. The first kappa shape index (κ1) is 33.9. The van der Waals surface area contributed by atoms with E-state index in [0.717, 1.165) is 51.5 Å². The monoisotopic (exact) mass is 610 g/mol. The minimum absolute atomic E-state index is 0.0294. The predicted octanol–water partition coefficient (Wildman–Crippen LogP) is 2.56. The van der Waals surface area contributed by atoms with Crippen LogP contribution >= 0.6 is 11.6 Å². The molecule has 42 heavy (non-hydrogen) atoms. The molecule has 2 aliphatic heterocycles. The Morgan fingerprint density at radius 3 is 2.64 bits per heavy atom. The van der Waals surface area contributed by atoms with Gasteiger partial charge in [-0.15, -0.1) is 11.6 Å². The fourth-order valence-corrected chi connectivity index (χ4v) is 8.03. The minimum atomic E-state index is -0.139. The first-order valence-corrected chi connectivity index (χ1v) is 16.7. The fourth-order valence-electron chi connectivity index (χ4n) is 7.62. The number of carbonyl (C=O) groups is 1. The molecule has 0 aromatic rings. The van der Waals surface area contributed by atoms with Gasteiger partial charge in [-0.2, -0.15) is 10.7 Å². The molecule has 0 aromatic heterocycles. The van der Waals surface area contributed by atoms with E-state index in [2.05, 4.69) is 46.2 Å². The molecule has 0 radical (unpaired) electrons. The molecule has 2 aliphatic carbocycles. The number of nitrogens with zero attached hydrogens (tertiary/aromatic N) is 2. The van der Waals surface area contributed by atoms with E-state index in [4.69, 9.17) is 25.9 Å². The van der Waals surface area contributed by atoms with Crippen molar-refractivity contribution in [2.75, 3.05) is 40.4 Å². The van der Waals surface area contributed by atoms with Gasteiger partial charge in [0.2, 0.25) is 5.91 Å². The van der Waals surface area contributed by atoms with Crippen LogP contribution in [0, 0.1) is 29.1 Å². The van der Waals surface area contributed by atoms with Crippen molar-refractivity contribution in [2.24, 2.45) is 17.8 Å². The molecule has 4 aliphatic rings. The summed E-state index contributed by atoms with van der Waals surface area (Å²) in [6.45, 7) is 9.12. The van der Waals surface area contributed by atoms with Crippen LogP contribution in [0.25, 0.3) is 0 Å². The maximum absolute atomic E-state index is 12.9. The summed E-state index contributed by atoms with van der Waals surface area (Å²) in [7, 11) is 4.05. The highest BCUT2D eigenvalue weighted by atomic mass is 35.5. The lowest BCUT2D eigenvalue weighted by atomic mass is 9.69. The number of hydrogen-bond acceptors (Lipinski definition) is 9. The predicted molar refractivity (Wildman–Crippen MR) is 164 cm³/mol. The Labute approximate surface area is 258 Å². The molecule has 2 heterocycles. The van der Waals surface area contributed by atoms with Gasteiger partial charge in [-0.25, -0.2) is 0 Å². The molecule has 2 saturated carbocycles. The Hall–Kier alpha value is -1.03. The Kier molecular flexibility index (Phi) is 13.2. The highest BCUT2D eigenvalue weighted by Gasteiger charge is 2.47. The first-order valence-electron chi connectivity index (χ1n) is 16.3. The zero-order valence-electron chi connectivity index (χ0n) is 26.3. The second kappa shape index (κ2) is 16.3. The number of hydroxylamine groups is 1. The van der Waals surface area contributed by atoms with Gasteiger partial charge < -0.3 is 30.3 Å². The summed E-state index contributed by atoms with van der Waals surface area (Å²) >= 11 is 6.90. The fraction of sp³-hybridized carbons (Fsp3) is 0.935. The largest absolute Gasteiger partial charge is 0.377 e. The number of alkyl halides is 1. The molecule has 0 aromatic carbocycles. The summed E-state index contributed by atoms with van der Waals surface area (Å²) in [6.07, 6.45) is 6.82. The molecule has 240 valence electrons. The van der Waals surface area contributed by atoms with E-state index in [0.29, 0.717) is 38.1 Å².